The van der Waals surface area contributed by atoms with Gasteiger partial charge in [-0.05, 0) is 48.7 Å². The van der Waals surface area contributed by atoms with E-state index in [1.165, 1.54) is 0 Å². The third kappa shape index (κ3) is 3.88. The zero-order valence-electron chi connectivity index (χ0n) is 16.3. The van der Waals surface area contributed by atoms with Crippen LogP contribution in [-0.4, -0.2) is 48.9 Å². The van der Waals surface area contributed by atoms with E-state index in [1.807, 2.05) is 12.1 Å². The third-order valence-corrected chi connectivity index (χ3v) is 5.72. The molecule has 0 aromatic heterocycles. The Labute approximate surface area is 169 Å². The van der Waals surface area contributed by atoms with Gasteiger partial charge >= 0.3 is 5.97 Å². The number of hydrogen-bond acceptors (Lipinski definition) is 5. The Balaban J connectivity index is 1.36. The minimum Gasteiger partial charge on any atom is -0.497 e. The van der Waals surface area contributed by atoms with E-state index in [1.54, 1.807) is 48.4 Å². The molecule has 2 aromatic carbocycles. The second-order valence-electron chi connectivity index (χ2n) is 7.45. The molecule has 2 aliphatic rings. The molecule has 1 amide bonds. The summed E-state index contributed by atoms with van der Waals surface area (Å²) < 4.78 is 10.5. The Morgan fingerprint density at radius 1 is 1.03 bits per heavy atom. The van der Waals surface area contributed by atoms with Crippen LogP contribution in [-0.2, 0) is 16.0 Å². The number of nitrogens with zero attached hydrogens (tertiary/aromatic N) is 1. The topological polar surface area (TPSA) is 72.9 Å². The van der Waals surface area contributed by atoms with Gasteiger partial charge in [0.1, 0.15) is 5.75 Å². The number of fused-ring (bicyclic) bond motifs is 1. The lowest BCUT2D eigenvalue weighted by Crippen LogP contribution is -2.48. The fraction of sp³-hybridized carbons (Fsp3) is 0.348. The van der Waals surface area contributed by atoms with E-state index in [9.17, 15) is 14.4 Å². The summed E-state index contributed by atoms with van der Waals surface area (Å²) in [5.74, 6) is 0.0726. The molecule has 6 heteroatoms. The van der Waals surface area contributed by atoms with Gasteiger partial charge in [-0.25, -0.2) is 4.79 Å². The van der Waals surface area contributed by atoms with E-state index < -0.39 is 12.1 Å². The maximum absolute atomic E-state index is 12.9. The highest BCUT2D eigenvalue weighted by molar-refractivity contribution is 5.98. The smallest absolute Gasteiger partial charge is 0.339 e. The number of piperidine rings is 1. The van der Waals surface area contributed by atoms with E-state index in [2.05, 4.69) is 0 Å². The number of amides is 1. The van der Waals surface area contributed by atoms with Gasteiger partial charge in [-0.2, -0.15) is 0 Å². The fourth-order valence-corrected chi connectivity index (χ4v) is 4.03. The number of benzene rings is 2. The number of carbonyl (C=O) groups is 3. The highest BCUT2D eigenvalue weighted by Crippen LogP contribution is 2.26. The maximum atomic E-state index is 12.9. The number of likely N-dealkylation sites (tertiary alicyclic amines) is 1. The van der Waals surface area contributed by atoms with Crippen LogP contribution in [0.1, 0.15) is 39.1 Å². The molecule has 2 aromatic rings. The first-order valence-electron chi connectivity index (χ1n) is 9.82. The molecule has 2 heterocycles. The predicted octanol–water partition coefficient (Wildman–Crippen LogP) is 2.90. The van der Waals surface area contributed by atoms with Crippen LogP contribution in [0.3, 0.4) is 0 Å². The zero-order chi connectivity index (χ0) is 20.4. The Kier molecular flexibility index (Phi) is 5.34. The van der Waals surface area contributed by atoms with Gasteiger partial charge in [-0.1, -0.05) is 18.2 Å². The van der Waals surface area contributed by atoms with Crippen molar-refractivity contribution in [3.8, 4) is 5.75 Å². The Morgan fingerprint density at radius 3 is 2.41 bits per heavy atom. The van der Waals surface area contributed by atoms with Gasteiger partial charge in [-0.3, -0.25) is 9.59 Å². The number of esters is 1. The monoisotopic (exact) mass is 393 g/mol. The normalized spacial score (nSPS) is 19.3. The standard InChI is InChI=1S/C23H23NO5/c1-28-18-8-6-15(7-9-18)21(25)16-10-12-24(13-11-16)22(26)20-14-17-4-2-3-5-19(17)23(27)29-20/h2-9,16,20H,10-14H2,1H3. The fourth-order valence-electron chi connectivity index (χ4n) is 4.03. The van der Waals surface area contributed by atoms with Crippen molar-refractivity contribution in [1.82, 2.24) is 4.90 Å². The number of carbonyl (C=O) groups excluding carboxylic acids is 3. The number of cyclic esters (lactones) is 1. The van der Waals surface area contributed by atoms with Crippen LogP contribution >= 0.6 is 0 Å². The highest BCUT2D eigenvalue weighted by atomic mass is 16.5. The minimum atomic E-state index is -0.786. The molecule has 0 N–H and O–H groups in total. The summed E-state index contributed by atoms with van der Waals surface area (Å²) in [6.45, 7) is 0.974. The van der Waals surface area contributed by atoms with E-state index in [-0.39, 0.29) is 17.6 Å². The molecule has 150 valence electrons. The van der Waals surface area contributed by atoms with Crippen molar-refractivity contribution in [2.75, 3.05) is 20.2 Å². The molecular formula is C23H23NO5. The minimum absolute atomic E-state index is 0.0952. The molecule has 1 saturated heterocycles. The van der Waals surface area contributed by atoms with Gasteiger partial charge in [0.25, 0.3) is 5.91 Å². The van der Waals surface area contributed by atoms with E-state index in [0.29, 0.717) is 49.2 Å². The van der Waals surface area contributed by atoms with Crippen LogP contribution in [0.15, 0.2) is 48.5 Å². The Morgan fingerprint density at radius 2 is 1.72 bits per heavy atom. The van der Waals surface area contributed by atoms with Crippen LogP contribution in [0.5, 0.6) is 5.75 Å². The van der Waals surface area contributed by atoms with E-state index in [0.717, 1.165) is 5.56 Å². The quantitative estimate of drug-likeness (QED) is 0.590. The summed E-state index contributed by atoms with van der Waals surface area (Å²) in [5, 5.41) is 0. The van der Waals surface area contributed by atoms with Crippen molar-refractivity contribution in [2.45, 2.75) is 25.4 Å². The molecule has 0 saturated carbocycles. The predicted molar refractivity (Wildman–Crippen MR) is 106 cm³/mol. The molecular weight excluding hydrogens is 370 g/mol. The number of ether oxygens (including phenoxy) is 2. The van der Waals surface area contributed by atoms with Crippen LogP contribution in [0.25, 0.3) is 0 Å². The second-order valence-corrected chi connectivity index (χ2v) is 7.45. The molecule has 0 bridgehead atoms. The molecule has 0 spiro atoms. The van der Waals surface area contributed by atoms with Crippen LogP contribution in [0.4, 0.5) is 0 Å². The molecule has 1 atom stereocenters. The summed E-state index contributed by atoms with van der Waals surface area (Å²) in [4.78, 5) is 39.5. The summed E-state index contributed by atoms with van der Waals surface area (Å²) in [5.41, 5.74) is 2.03. The first-order valence-corrected chi connectivity index (χ1v) is 9.82. The molecule has 0 radical (unpaired) electrons. The Bertz CT molecular complexity index is 929. The molecule has 0 aliphatic carbocycles. The molecule has 4 rings (SSSR count). The third-order valence-electron chi connectivity index (χ3n) is 5.72. The van der Waals surface area contributed by atoms with Gasteiger partial charge in [0.15, 0.2) is 11.9 Å². The second kappa shape index (κ2) is 8.07. The first kappa shape index (κ1) is 19.2. The lowest BCUT2D eigenvalue weighted by Gasteiger charge is -2.34. The number of hydrogen-bond donors (Lipinski definition) is 0. The first-order chi connectivity index (χ1) is 14.1. The molecule has 29 heavy (non-hydrogen) atoms. The average Bonchev–Trinajstić information content (AvgIpc) is 2.78. The lowest BCUT2D eigenvalue weighted by atomic mass is 9.88. The summed E-state index contributed by atoms with van der Waals surface area (Å²) in [6, 6.07) is 14.3. The van der Waals surface area contributed by atoms with Gasteiger partial charge in [-0.15, -0.1) is 0 Å². The SMILES string of the molecule is COc1ccc(C(=O)C2CCN(C(=O)C3Cc4ccccc4C(=O)O3)CC2)cc1. The van der Waals surface area contributed by atoms with E-state index in [4.69, 9.17) is 9.47 Å². The molecule has 6 nitrogen and oxygen atoms in total. The molecule has 2 aliphatic heterocycles. The molecule has 1 unspecified atom stereocenters. The van der Waals surface area contributed by atoms with E-state index >= 15 is 0 Å². The summed E-state index contributed by atoms with van der Waals surface area (Å²) in [7, 11) is 1.59. The van der Waals surface area contributed by atoms with Crippen LogP contribution < -0.4 is 4.74 Å². The zero-order valence-corrected chi connectivity index (χ0v) is 16.3. The summed E-state index contributed by atoms with van der Waals surface area (Å²) in [6.07, 6.45) is 0.818. The largest absolute Gasteiger partial charge is 0.497 e. The van der Waals surface area contributed by atoms with Gasteiger partial charge in [0.2, 0.25) is 0 Å². The van der Waals surface area contributed by atoms with Crippen molar-refractivity contribution in [3.05, 3.63) is 65.2 Å². The van der Waals surface area contributed by atoms with Crippen molar-refractivity contribution < 1.29 is 23.9 Å². The average molecular weight is 393 g/mol. The number of ketones is 1. The van der Waals surface area contributed by atoms with Crippen LogP contribution in [0.2, 0.25) is 0 Å². The van der Waals surface area contributed by atoms with Crippen molar-refractivity contribution in [1.29, 1.82) is 0 Å². The van der Waals surface area contributed by atoms with Crippen molar-refractivity contribution in [3.63, 3.8) is 0 Å². The number of Topliss-reactive ketones (excluding diaryl/α,β-unsaturated/α-hetero) is 1. The number of rotatable bonds is 4. The van der Waals surface area contributed by atoms with Crippen molar-refractivity contribution in [2.24, 2.45) is 5.92 Å². The van der Waals surface area contributed by atoms with Gasteiger partial charge in [0, 0.05) is 31.0 Å². The highest BCUT2D eigenvalue weighted by Gasteiger charge is 2.36. The lowest BCUT2D eigenvalue weighted by molar-refractivity contribution is -0.142. The Hall–Kier alpha value is -3.15. The van der Waals surface area contributed by atoms with Gasteiger partial charge < -0.3 is 14.4 Å². The maximum Gasteiger partial charge on any atom is 0.339 e. The molecule has 1 fully saturated rings. The number of methoxy groups -OCH3 is 1. The summed E-state index contributed by atoms with van der Waals surface area (Å²) >= 11 is 0. The van der Waals surface area contributed by atoms with Gasteiger partial charge in [0.05, 0.1) is 12.7 Å². The van der Waals surface area contributed by atoms with Crippen LogP contribution in [0, 0.1) is 5.92 Å². The van der Waals surface area contributed by atoms with Crippen molar-refractivity contribution >= 4 is 17.7 Å².